The molecule has 0 aliphatic carbocycles. The summed E-state index contributed by atoms with van der Waals surface area (Å²) in [4.78, 5) is 12.0. The number of rotatable bonds is 3. The highest BCUT2D eigenvalue weighted by Gasteiger charge is 2.17. The van der Waals surface area contributed by atoms with Crippen molar-refractivity contribution in [3.63, 3.8) is 0 Å². The van der Waals surface area contributed by atoms with E-state index < -0.39 is 0 Å². The van der Waals surface area contributed by atoms with Crippen LogP contribution in [0.5, 0.6) is 0 Å². The van der Waals surface area contributed by atoms with E-state index in [9.17, 15) is 4.79 Å². The summed E-state index contributed by atoms with van der Waals surface area (Å²) in [5.74, 6) is 0. The molecule has 4 nitrogen and oxygen atoms in total. The zero-order chi connectivity index (χ0) is 10.7. The lowest BCUT2D eigenvalue weighted by atomic mass is 10.1. The maximum absolute atomic E-state index is 12.0. The Hall–Kier alpha value is -1.03. The Morgan fingerprint density at radius 1 is 1.40 bits per heavy atom. The van der Waals surface area contributed by atoms with E-state index in [0.29, 0.717) is 6.04 Å². The highest BCUT2D eigenvalue weighted by molar-refractivity contribution is 4.87. The Morgan fingerprint density at radius 3 is 2.80 bits per heavy atom. The molecule has 1 aromatic rings. The van der Waals surface area contributed by atoms with Gasteiger partial charge in [-0.2, -0.15) is 0 Å². The van der Waals surface area contributed by atoms with E-state index in [1.165, 1.54) is 0 Å². The quantitative estimate of drug-likeness (QED) is 0.806. The topological polar surface area (TPSA) is 39.0 Å². The first-order valence-corrected chi connectivity index (χ1v) is 5.81. The minimum Gasteiger partial charge on any atom is -0.317 e. The minimum atomic E-state index is 0.156. The average molecular weight is 209 g/mol. The molecule has 0 radical (unpaired) electrons. The van der Waals surface area contributed by atoms with Crippen LogP contribution in [-0.4, -0.2) is 22.2 Å². The van der Waals surface area contributed by atoms with Gasteiger partial charge in [-0.3, -0.25) is 9.13 Å². The molecule has 84 valence electrons. The van der Waals surface area contributed by atoms with Crippen LogP contribution >= 0.6 is 0 Å². The number of nitrogens with one attached hydrogen (secondary N) is 1. The van der Waals surface area contributed by atoms with Crippen LogP contribution in [0.25, 0.3) is 0 Å². The molecule has 1 saturated heterocycles. The lowest BCUT2D eigenvalue weighted by Gasteiger charge is -2.23. The zero-order valence-electron chi connectivity index (χ0n) is 9.28. The fourth-order valence-corrected chi connectivity index (χ4v) is 2.20. The van der Waals surface area contributed by atoms with Crippen LogP contribution in [0, 0.1) is 0 Å². The first-order chi connectivity index (χ1) is 7.33. The monoisotopic (exact) mass is 209 g/mol. The summed E-state index contributed by atoms with van der Waals surface area (Å²) in [5.41, 5.74) is 0.156. The van der Waals surface area contributed by atoms with Gasteiger partial charge < -0.3 is 5.32 Å². The molecule has 15 heavy (non-hydrogen) atoms. The van der Waals surface area contributed by atoms with E-state index in [0.717, 1.165) is 38.9 Å². The number of hydrogen-bond donors (Lipinski definition) is 1. The summed E-state index contributed by atoms with van der Waals surface area (Å²) in [5, 5.41) is 3.31. The second-order valence-corrected chi connectivity index (χ2v) is 4.16. The smallest absolute Gasteiger partial charge is 0.317 e. The third kappa shape index (κ3) is 2.15. The van der Waals surface area contributed by atoms with Gasteiger partial charge in [0.25, 0.3) is 0 Å². The minimum absolute atomic E-state index is 0.156. The van der Waals surface area contributed by atoms with Crippen LogP contribution in [-0.2, 0) is 6.54 Å². The molecule has 1 N–H and O–H groups in total. The predicted molar refractivity (Wildman–Crippen MR) is 60.1 cm³/mol. The van der Waals surface area contributed by atoms with Gasteiger partial charge in [-0.25, -0.2) is 4.79 Å². The van der Waals surface area contributed by atoms with Crippen molar-refractivity contribution in [2.24, 2.45) is 0 Å². The van der Waals surface area contributed by atoms with Gasteiger partial charge in [-0.1, -0.05) is 6.92 Å². The van der Waals surface area contributed by atoms with Crippen LogP contribution < -0.4 is 11.0 Å². The lowest BCUT2D eigenvalue weighted by Crippen LogP contribution is -2.34. The van der Waals surface area contributed by atoms with Crippen LogP contribution in [0.15, 0.2) is 17.2 Å². The van der Waals surface area contributed by atoms with Gasteiger partial charge in [0, 0.05) is 25.0 Å². The molecule has 0 aromatic carbocycles. The van der Waals surface area contributed by atoms with Gasteiger partial charge in [-0.05, 0) is 32.4 Å². The summed E-state index contributed by atoms with van der Waals surface area (Å²) >= 11 is 0. The Morgan fingerprint density at radius 2 is 2.13 bits per heavy atom. The number of piperidine rings is 1. The molecule has 0 atom stereocenters. The van der Waals surface area contributed by atoms with Gasteiger partial charge >= 0.3 is 5.69 Å². The summed E-state index contributed by atoms with van der Waals surface area (Å²) in [6, 6.07) is 0.400. The molecule has 0 bridgehead atoms. The van der Waals surface area contributed by atoms with E-state index in [1.54, 1.807) is 0 Å². The van der Waals surface area contributed by atoms with Crippen molar-refractivity contribution in [2.75, 3.05) is 13.1 Å². The first kappa shape index (κ1) is 10.5. The van der Waals surface area contributed by atoms with Gasteiger partial charge in [0.05, 0.1) is 0 Å². The summed E-state index contributed by atoms with van der Waals surface area (Å²) in [6.45, 7) is 4.97. The first-order valence-electron chi connectivity index (χ1n) is 5.81. The van der Waals surface area contributed by atoms with Crippen molar-refractivity contribution in [3.8, 4) is 0 Å². The van der Waals surface area contributed by atoms with E-state index in [4.69, 9.17) is 0 Å². The Kier molecular flexibility index (Phi) is 3.26. The predicted octanol–water partition coefficient (Wildman–Crippen LogP) is 0.984. The van der Waals surface area contributed by atoms with Gasteiger partial charge in [0.1, 0.15) is 0 Å². The third-order valence-electron chi connectivity index (χ3n) is 3.04. The van der Waals surface area contributed by atoms with Crippen molar-refractivity contribution >= 4 is 0 Å². The van der Waals surface area contributed by atoms with Crippen molar-refractivity contribution in [1.29, 1.82) is 0 Å². The average Bonchev–Trinajstić information content (AvgIpc) is 2.63. The standard InChI is InChI=1S/C11H19N3O/c1-2-7-13-8-9-14(11(13)15)10-3-5-12-6-4-10/h8-10,12H,2-7H2,1H3. The molecule has 2 rings (SSSR count). The molecule has 0 unspecified atom stereocenters. The van der Waals surface area contributed by atoms with Crippen LogP contribution in [0.3, 0.4) is 0 Å². The second-order valence-electron chi connectivity index (χ2n) is 4.16. The van der Waals surface area contributed by atoms with Crippen LogP contribution in [0.4, 0.5) is 0 Å². The zero-order valence-corrected chi connectivity index (χ0v) is 9.28. The highest BCUT2D eigenvalue weighted by Crippen LogP contribution is 2.15. The fraction of sp³-hybridized carbons (Fsp3) is 0.727. The summed E-state index contributed by atoms with van der Waals surface area (Å²) in [7, 11) is 0. The molecule has 0 spiro atoms. The SMILES string of the molecule is CCCn1ccn(C2CCNCC2)c1=O. The van der Waals surface area contributed by atoms with Crippen molar-refractivity contribution in [3.05, 3.63) is 22.9 Å². The van der Waals surface area contributed by atoms with Crippen molar-refractivity contribution in [2.45, 2.75) is 38.8 Å². The van der Waals surface area contributed by atoms with Crippen molar-refractivity contribution < 1.29 is 0 Å². The molecule has 1 aromatic heterocycles. The normalized spacial score (nSPS) is 18.2. The molecule has 2 heterocycles. The van der Waals surface area contributed by atoms with Gasteiger partial charge in [-0.15, -0.1) is 0 Å². The maximum Gasteiger partial charge on any atom is 0.328 e. The number of imidazole rings is 1. The molecule has 0 amide bonds. The van der Waals surface area contributed by atoms with E-state index in [-0.39, 0.29) is 5.69 Å². The summed E-state index contributed by atoms with van der Waals surface area (Å²) in [6.07, 6.45) is 6.99. The molecule has 1 aliphatic heterocycles. The number of aryl methyl sites for hydroxylation is 1. The Labute approximate surface area is 89.9 Å². The Bertz CT molecular complexity index is 360. The van der Waals surface area contributed by atoms with E-state index in [2.05, 4.69) is 12.2 Å². The summed E-state index contributed by atoms with van der Waals surface area (Å²) < 4.78 is 3.71. The van der Waals surface area contributed by atoms with Gasteiger partial charge in [0.2, 0.25) is 0 Å². The van der Waals surface area contributed by atoms with Gasteiger partial charge in [0.15, 0.2) is 0 Å². The number of aromatic nitrogens is 2. The van der Waals surface area contributed by atoms with E-state index >= 15 is 0 Å². The molecule has 4 heteroatoms. The van der Waals surface area contributed by atoms with E-state index in [1.807, 2.05) is 21.5 Å². The maximum atomic E-state index is 12.0. The lowest BCUT2D eigenvalue weighted by molar-refractivity contribution is 0.357. The number of nitrogens with zero attached hydrogens (tertiary/aromatic N) is 2. The molecule has 1 fully saturated rings. The number of hydrogen-bond acceptors (Lipinski definition) is 2. The van der Waals surface area contributed by atoms with Crippen molar-refractivity contribution in [1.82, 2.24) is 14.5 Å². The van der Waals surface area contributed by atoms with Crippen LogP contribution in [0.1, 0.15) is 32.2 Å². The second kappa shape index (κ2) is 4.66. The molecule has 1 aliphatic rings. The largest absolute Gasteiger partial charge is 0.328 e. The molecular formula is C11H19N3O. The fourth-order valence-electron chi connectivity index (χ4n) is 2.20. The highest BCUT2D eigenvalue weighted by atomic mass is 16.1. The third-order valence-corrected chi connectivity index (χ3v) is 3.04. The molecular weight excluding hydrogens is 190 g/mol. The Balaban J connectivity index is 2.17. The molecule has 0 saturated carbocycles. The van der Waals surface area contributed by atoms with Crippen LogP contribution in [0.2, 0.25) is 0 Å².